The summed E-state index contributed by atoms with van der Waals surface area (Å²) in [5.74, 6) is 0.200. The molecule has 2 aliphatic rings. The largest absolute Gasteiger partial charge is 0.309 e. The first-order chi connectivity index (χ1) is 28.0. The fraction of sp³-hybridized carbons (Fsp3) is 0.0714. The molecule has 1 unspecified atom stereocenters. The van der Waals surface area contributed by atoms with Crippen LogP contribution in [0.15, 0.2) is 194 Å². The lowest BCUT2D eigenvalue weighted by molar-refractivity contribution is 0.661. The maximum Gasteiger partial charge on any atom is 0.0547 e. The highest BCUT2D eigenvalue weighted by Gasteiger charge is 2.36. The van der Waals surface area contributed by atoms with Crippen molar-refractivity contribution >= 4 is 32.6 Å². The van der Waals surface area contributed by atoms with Gasteiger partial charge in [-0.1, -0.05) is 172 Å². The van der Waals surface area contributed by atoms with Crippen LogP contribution in [0.5, 0.6) is 0 Å². The van der Waals surface area contributed by atoms with Gasteiger partial charge in [-0.3, -0.25) is 0 Å². The van der Waals surface area contributed by atoms with Crippen LogP contribution in [0.25, 0.3) is 82.8 Å². The Morgan fingerprint density at radius 1 is 0.386 bits per heavy atom. The van der Waals surface area contributed by atoms with Crippen LogP contribution in [0.4, 0.5) is 0 Å². The van der Waals surface area contributed by atoms with Gasteiger partial charge in [0.05, 0.1) is 16.7 Å². The summed E-state index contributed by atoms with van der Waals surface area (Å²) in [5.41, 5.74) is 20.8. The zero-order chi connectivity index (χ0) is 37.8. The number of benzene rings is 9. The highest BCUT2D eigenvalue weighted by molar-refractivity contribution is 6.13. The number of aromatic nitrogens is 1. The Kier molecular flexibility index (Phi) is 6.81. The van der Waals surface area contributed by atoms with Gasteiger partial charge in [-0.25, -0.2) is 0 Å². The van der Waals surface area contributed by atoms with Crippen LogP contribution in [0.1, 0.15) is 47.6 Å². The molecule has 1 heteroatoms. The first-order valence-electron chi connectivity index (χ1n) is 20.1. The van der Waals surface area contributed by atoms with Crippen molar-refractivity contribution in [2.24, 2.45) is 0 Å². The average molecular weight is 726 g/mol. The normalized spacial score (nSPS) is 14.8. The second kappa shape index (κ2) is 12.0. The third-order valence-corrected chi connectivity index (χ3v) is 13.1. The summed E-state index contributed by atoms with van der Waals surface area (Å²) in [6.45, 7) is 4.76. The van der Waals surface area contributed by atoms with Crippen molar-refractivity contribution < 1.29 is 0 Å². The Morgan fingerprint density at radius 3 is 1.91 bits per heavy atom. The Balaban J connectivity index is 1.04. The Hall–Kier alpha value is -6.96. The lowest BCUT2D eigenvalue weighted by Crippen LogP contribution is -2.14. The second-order valence-corrected chi connectivity index (χ2v) is 16.5. The van der Waals surface area contributed by atoms with Crippen molar-refractivity contribution in [3.8, 4) is 50.2 Å². The molecule has 1 nitrogen and oxygen atoms in total. The van der Waals surface area contributed by atoms with Gasteiger partial charge in [0.25, 0.3) is 0 Å². The van der Waals surface area contributed by atoms with E-state index in [1.807, 2.05) is 0 Å². The number of fused-ring (bicyclic) bond motifs is 10. The lowest BCUT2D eigenvalue weighted by atomic mass is 9.82. The standard InChI is InChI=1S/C56H39N/c1-56(2)50-21-11-10-19-43(50)47-34-54-49(33-51(47)56)48-32-40(28-30-53(48)57(54)52-22-12-16-37-15-6-7-17-41(37)52)39-27-29-45-46(31-39)42-18-8-9-20-44(42)55(45)38-25-23-36(24-26-38)35-13-4-3-5-14-35/h3-34,55H,1-2H3. The number of hydrogen-bond donors (Lipinski definition) is 0. The van der Waals surface area contributed by atoms with Gasteiger partial charge in [-0.2, -0.15) is 0 Å². The SMILES string of the molecule is CC1(C)c2ccccc2-c2cc3c(cc21)c1cc(-c2ccc4c(c2)-c2ccccc2C4c2ccc(-c4ccccc4)cc2)ccc1n3-c1cccc2ccccc12. The van der Waals surface area contributed by atoms with Gasteiger partial charge < -0.3 is 4.57 Å². The number of hydrogen-bond acceptors (Lipinski definition) is 0. The molecule has 0 saturated heterocycles. The van der Waals surface area contributed by atoms with Gasteiger partial charge >= 0.3 is 0 Å². The first-order valence-corrected chi connectivity index (χ1v) is 20.1. The highest BCUT2D eigenvalue weighted by atomic mass is 15.0. The van der Waals surface area contributed by atoms with E-state index in [9.17, 15) is 0 Å². The van der Waals surface area contributed by atoms with Gasteiger partial charge in [0.15, 0.2) is 0 Å². The summed E-state index contributed by atoms with van der Waals surface area (Å²) in [7, 11) is 0. The molecule has 1 aromatic heterocycles. The minimum absolute atomic E-state index is 0.0859. The first kappa shape index (κ1) is 32.3. The van der Waals surface area contributed by atoms with Crippen molar-refractivity contribution in [3.63, 3.8) is 0 Å². The van der Waals surface area contributed by atoms with Crippen molar-refractivity contribution in [2.75, 3.05) is 0 Å². The lowest BCUT2D eigenvalue weighted by Gasteiger charge is -2.21. The van der Waals surface area contributed by atoms with Crippen molar-refractivity contribution in [1.82, 2.24) is 4.57 Å². The molecule has 2 aliphatic carbocycles. The maximum atomic E-state index is 2.51. The Labute approximate surface area is 333 Å². The predicted octanol–water partition coefficient (Wildman–Crippen LogP) is 14.7. The molecule has 1 atom stereocenters. The van der Waals surface area contributed by atoms with E-state index in [0.717, 1.165) is 0 Å². The zero-order valence-corrected chi connectivity index (χ0v) is 32.0. The van der Waals surface area contributed by atoms with E-state index in [2.05, 4.69) is 213 Å². The van der Waals surface area contributed by atoms with E-state index in [0.29, 0.717) is 0 Å². The van der Waals surface area contributed by atoms with Crippen LogP contribution in [-0.2, 0) is 5.41 Å². The summed E-state index contributed by atoms with van der Waals surface area (Å²) in [6, 6.07) is 72.6. The molecule has 0 bridgehead atoms. The van der Waals surface area contributed by atoms with Crippen LogP contribution in [0.3, 0.4) is 0 Å². The minimum Gasteiger partial charge on any atom is -0.309 e. The van der Waals surface area contributed by atoms with Crippen LogP contribution in [-0.4, -0.2) is 4.57 Å². The van der Waals surface area contributed by atoms with E-state index < -0.39 is 0 Å². The monoisotopic (exact) mass is 725 g/mol. The fourth-order valence-electron chi connectivity index (χ4n) is 10.3. The van der Waals surface area contributed by atoms with E-state index in [1.165, 1.54) is 111 Å². The average Bonchev–Trinajstić information content (AvgIpc) is 3.85. The van der Waals surface area contributed by atoms with Gasteiger partial charge in [0.1, 0.15) is 0 Å². The van der Waals surface area contributed by atoms with Crippen LogP contribution in [0, 0.1) is 0 Å². The maximum absolute atomic E-state index is 2.51. The summed E-state index contributed by atoms with van der Waals surface area (Å²) >= 11 is 0. The predicted molar refractivity (Wildman–Crippen MR) is 240 cm³/mol. The van der Waals surface area contributed by atoms with Gasteiger partial charge in [0.2, 0.25) is 0 Å². The zero-order valence-electron chi connectivity index (χ0n) is 32.0. The number of rotatable bonds is 4. The van der Waals surface area contributed by atoms with E-state index in [1.54, 1.807) is 0 Å². The van der Waals surface area contributed by atoms with Crippen LogP contribution < -0.4 is 0 Å². The van der Waals surface area contributed by atoms with Crippen molar-refractivity contribution in [2.45, 2.75) is 25.2 Å². The third kappa shape index (κ3) is 4.69. The van der Waals surface area contributed by atoms with Gasteiger partial charge in [0, 0.05) is 27.5 Å². The van der Waals surface area contributed by atoms with E-state index in [-0.39, 0.29) is 11.3 Å². The molecule has 0 aliphatic heterocycles. The molecule has 0 amide bonds. The summed E-state index contributed by atoms with van der Waals surface area (Å²) in [6.07, 6.45) is 0. The molecule has 0 fully saturated rings. The van der Waals surface area contributed by atoms with Crippen molar-refractivity contribution in [1.29, 1.82) is 0 Å². The second-order valence-electron chi connectivity index (χ2n) is 16.5. The Bertz CT molecular complexity index is 3250. The summed E-state index contributed by atoms with van der Waals surface area (Å²) < 4.78 is 2.51. The molecule has 0 radical (unpaired) electrons. The molecule has 0 N–H and O–H groups in total. The molecule has 268 valence electrons. The van der Waals surface area contributed by atoms with Gasteiger partial charge in [-0.05, 0) is 114 Å². The number of nitrogens with zero attached hydrogens (tertiary/aromatic N) is 1. The molecule has 9 aromatic carbocycles. The van der Waals surface area contributed by atoms with Crippen molar-refractivity contribution in [3.05, 3.63) is 222 Å². The molecule has 57 heavy (non-hydrogen) atoms. The van der Waals surface area contributed by atoms with E-state index >= 15 is 0 Å². The molecule has 0 spiro atoms. The molecule has 12 rings (SSSR count). The third-order valence-electron chi connectivity index (χ3n) is 13.1. The topological polar surface area (TPSA) is 4.93 Å². The van der Waals surface area contributed by atoms with Gasteiger partial charge in [-0.15, -0.1) is 0 Å². The molecular formula is C56H39N. The Morgan fingerprint density at radius 2 is 1.04 bits per heavy atom. The molecular weight excluding hydrogens is 687 g/mol. The van der Waals surface area contributed by atoms with E-state index in [4.69, 9.17) is 0 Å². The minimum atomic E-state index is -0.0859. The summed E-state index contributed by atoms with van der Waals surface area (Å²) in [5, 5.41) is 5.08. The fourth-order valence-corrected chi connectivity index (χ4v) is 10.3. The van der Waals surface area contributed by atoms with Crippen LogP contribution in [0.2, 0.25) is 0 Å². The quantitative estimate of drug-likeness (QED) is 0.170. The highest BCUT2D eigenvalue weighted by Crippen LogP contribution is 2.52. The van der Waals surface area contributed by atoms with Crippen LogP contribution >= 0.6 is 0 Å². The molecule has 0 saturated carbocycles. The molecule has 1 heterocycles. The summed E-state index contributed by atoms with van der Waals surface area (Å²) in [4.78, 5) is 0. The smallest absolute Gasteiger partial charge is 0.0547 e. The molecule has 10 aromatic rings.